The van der Waals surface area contributed by atoms with Crippen LogP contribution in [0.5, 0.6) is 0 Å². The summed E-state index contributed by atoms with van der Waals surface area (Å²) in [6.45, 7) is 6.73. The van der Waals surface area contributed by atoms with E-state index in [9.17, 15) is 4.79 Å². The van der Waals surface area contributed by atoms with E-state index in [1.165, 1.54) is 11.3 Å². The zero-order chi connectivity index (χ0) is 12.1. The van der Waals surface area contributed by atoms with E-state index in [1.54, 1.807) is 0 Å². The Bertz CT molecular complexity index is 349. The summed E-state index contributed by atoms with van der Waals surface area (Å²) in [6.07, 6.45) is 0.922. The molecule has 4 heteroatoms. The van der Waals surface area contributed by atoms with Crippen molar-refractivity contribution in [1.82, 2.24) is 5.32 Å². The second kappa shape index (κ2) is 6.26. The number of amides is 1. The first-order chi connectivity index (χ1) is 7.50. The normalized spacial score (nSPS) is 12.8. The predicted octanol–water partition coefficient (Wildman–Crippen LogP) is 3.44. The summed E-state index contributed by atoms with van der Waals surface area (Å²) in [7, 11) is 0. The summed E-state index contributed by atoms with van der Waals surface area (Å²) < 4.78 is 0. The lowest BCUT2D eigenvalue weighted by Gasteiger charge is -2.12. The monoisotopic (exact) mass is 259 g/mol. The molecule has 90 valence electrons. The Labute approximate surface area is 106 Å². The van der Waals surface area contributed by atoms with Gasteiger partial charge in [-0.05, 0) is 36.3 Å². The Morgan fingerprint density at radius 1 is 1.56 bits per heavy atom. The molecule has 1 rings (SSSR count). The van der Waals surface area contributed by atoms with Gasteiger partial charge in [0.15, 0.2) is 0 Å². The standard InChI is InChI=1S/C12H18ClNOS/c1-8(2)6-10(13)7-14-12(15)11-9(3)4-5-16-11/h4-5,8,10H,6-7H2,1-3H3,(H,14,15). The molecule has 1 atom stereocenters. The van der Waals surface area contributed by atoms with Gasteiger partial charge in [-0.25, -0.2) is 0 Å². The van der Waals surface area contributed by atoms with Crippen LogP contribution in [0.15, 0.2) is 11.4 Å². The summed E-state index contributed by atoms with van der Waals surface area (Å²) in [5, 5.41) is 4.82. The summed E-state index contributed by atoms with van der Waals surface area (Å²) in [4.78, 5) is 12.5. The van der Waals surface area contributed by atoms with Crippen LogP contribution in [0.1, 0.15) is 35.5 Å². The Kier molecular flexibility index (Phi) is 5.29. The Morgan fingerprint density at radius 3 is 2.75 bits per heavy atom. The SMILES string of the molecule is Cc1ccsc1C(=O)NCC(Cl)CC(C)C. The van der Waals surface area contributed by atoms with Crippen LogP contribution in [0, 0.1) is 12.8 Å². The van der Waals surface area contributed by atoms with Crippen LogP contribution in [-0.2, 0) is 0 Å². The second-order valence-electron chi connectivity index (χ2n) is 4.37. The minimum absolute atomic E-state index is 0.0121. The number of alkyl halides is 1. The molecule has 1 unspecified atom stereocenters. The van der Waals surface area contributed by atoms with Gasteiger partial charge in [0, 0.05) is 6.54 Å². The van der Waals surface area contributed by atoms with Crippen molar-refractivity contribution in [3.63, 3.8) is 0 Å². The second-order valence-corrected chi connectivity index (χ2v) is 5.90. The molecule has 0 radical (unpaired) electrons. The van der Waals surface area contributed by atoms with Gasteiger partial charge in [-0.15, -0.1) is 22.9 Å². The molecule has 1 aromatic heterocycles. The third-order valence-electron chi connectivity index (χ3n) is 2.28. The molecule has 0 aliphatic carbocycles. The Morgan fingerprint density at radius 2 is 2.25 bits per heavy atom. The molecule has 1 N–H and O–H groups in total. The summed E-state index contributed by atoms with van der Waals surface area (Å²) >= 11 is 7.58. The molecule has 0 spiro atoms. The largest absolute Gasteiger partial charge is 0.350 e. The van der Waals surface area contributed by atoms with Gasteiger partial charge in [-0.3, -0.25) is 4.79 Å². The fourth-order valence-electron chi connectivity index (χ4n) is 1.48. The van der Waals surface area contributed by atoms with E-state index >= 15 is 0 Å². The van der Waals surface area contributed by atoms with E-state index < -0.39 is 0 Å². The van der Waals surface area contributed by atoms with Crippen molar-refractivity contribution in [3.05, 3.63) is 21.9 Å². The van der Waals surface area contributed by atoms with E-state index in [2.05, 4.69) is 19.2 Å². The van der Waals surface area contributed by atoms with E-state index in [4.69, 9.17) is 11.6 Å². The predicted molar refractivity (Wildman–Crippen MR) is 70.5 cm³/mol. The summed E-state index contributed by atoms with van der Waals surface area (Å²) in [5.74, 6) is 0.546. The Balaban J connectivity index is 2.39. The highest BCUT2D eigenvalue weighted by molar-refractivity contribution is 7.12. The number of carbonyl (C=O) groups excluding carboxylic acids is 1. The minimum Gasteiger partial charge on any atom is -0.350 e. The molecule has 0 fully saturated rings. The number of hydrogen-bond donors (Lipinski definition) is 1. The van der Waals surface area contributed by atoms with Crippen molar-refractivity contribution < 1.29 is 4.79 Å². The van der Waals surface area contributed by atoms with E-state index in [0.717, 1.165) is 16.9 Å². The number of thiophene rings is 1. The first kappa shape index (κ1) is 13.5. The van der Waals surface area contributed by atoms with Crippen LogP contribution >= 0.6 is 22.9 Å². The van der Waals surface area contributed by atoms with Gasteiger partial charge >= 0.3 is 0 Å². The average Bonchev–Trinajstić information content (AvgIpc) is 2.60. The molecule has 0 bridgehead atoms. The topological polar surface area (TPSA) is 29.1 Å². The van der Waals surface area contributed by atoms with E-state index in [0.29, 0.717) is 12.5 Å². The van der Waals surface area contributed by atoms with Crippen LogP contribution in [-0.4, -0.2) is 17.8 Å². The lowest BCUT2D eigenvalue weighted by molar-refractivity contribution is 0.0956. The number of nitrogens with one attached hydrogen (secondary N) is 1. The van der Waals surface area contributed by atoms with E-state index in [1.807, 2.05) is 18.4 Å². The molecular weight excluding hydrogens is 242 g/mol. The number of halogens is 1. The van der Waals surface area contributed by atoms with Gasteiger partial charge in [-0.2, -0.15) is 0 Å². The molecule has 0 saturated heterocycles. The maximum Gasteiger partial charge on any atom is 0.261 e. The molecule has 1 aromatic rings. The van der Waals surface area contributed by atoms with Gasteiger partial charge in [0.2, 0.25) is 0 Å². The third-order valence-corrected chi connectivity index (χ3v) is 3.63. The van der Waals surface area contributed by atoms with Crippen LogP contribution in [0.25, 0.3) is 0 Å². The van der Waals surface area contributed by atoms with E-state index in [-0.39, 0.29) is 11.3 Å². The minimum atomic E-state index is -0.0121. The van der Waals surface area contributed by atoms with Crippen molar-refractivity contribution >= 4 is 28.8 Å². The fraction of sp³-hybridized carbons (Fsp3) is 0.583. The molecule has 0 saturated carbocycles. The Hall–Kier alpha value is -0.540. The smallest absolute Gasteiger partial charge is 0.261 e. The highest BCUT2D eigenvalue weighted by atomic mass is 35.5. The van der Waals surface area contributed by atoms with Crippen LogP contribution in [0.3, 0.4) is 0 Å². The van der Waals surface area contributed by atoms with Crippen molar-refractivity contribution in [1.29, 1.82) is 0 Å². The number of carbonyl (C=O) groups is 1. The van der Waals surface area contributed by atoms with Crippen molar-refractivity contribution in [3.8, 4) is 0 Å². The zero-order valence-corrected chi connectivity index (χ0v) is 11.5. The summed E-state index contributed by atoms with van der Waals surface area (Å²) in [6, 6.07) is 1.95. The van der Waals surface area contributed by atoms with Crippen LogP contribution in [0.4, 0.5) is 0 Å². The molecule has 0 aromatic carbocycles. The first-order valence-electron chi connectivity index (χ1n) is 5.47. The lowest BCUT2D eigenvalue weighted by atomic mass is 10.1. The molecular formula is C12H18ClNOS. The van der Waals surface area contributed by atoms with Gasteiger partial charge in [0.25, 0.3) is 5.91 Å². The van der Waals surface area contributed by atoms with Crippen LogP contribution < -0.4 is 5.32 Å². The first-order valence-corrected chi connectivity index (χ1v) is 6.78. The maximum absolute atomic E-state index is 11.8. The molecule has 0 aliphatic rings. The number of aryl methyl sites for hydroxylation is 1. The van der Waals surface area contributed by atoms with Crippen molar-refractivity contribution in [2.24, 2.45) is 5.92 Å². The highest BCUT2D eigenvalue weighted by Crippen LogP contribution is 2.15. The van der Waals surface area contributed by atoms with Crippen LogP contribution in [0.2, 0.25) is 0 Å². The highest BCUT2D eigenvalue weighted by Gasteiger charge is 2.12. The number of rotatable bonds is 5. The van der Waals surface area contributed by atoms with Gasteiger partial charge in [-0.1, -0.05) is 13.8 Å². The zero-order valence-electron chi connectivity index (χ0n) is 9.92. The lowest BCUT2D eigenvalue weighted by Crippen LogP contribution is -2.30. The van der Waals surface area contributed by atoms with Gasteiger partial charge < -0.3 is 5.32 Å². The molecule has 1 amide bonds. The average molecular weight is 260 g/mol. The van der Waals surface area contributed by atoms with Crippen molar-refractivity contribution in [2.45, 2.75) is 32.6 Å². The number of hydrogen-bond acceptors (Lipinski definition) is 2. The van der Waals surface area contributed by atoms with Gasteiger partial charge in [0.1, 0.15) is 0 Å². The van der Waals surface area contributed by atoms with Crippen molar-refractivity contribution in [2.75, 3.05) is 6.54 Å². The summed E-state index contributed by atoms with van der Waals surface area (Å²) in [5.41, 5.74) is 1.03. The third kappa shape index (κ3) is 4.14. The fourth-order valence-corrected chi connectivity index (χ4v) is 2.76. The molecule has 0 aliphatic heterocycles. The maximum atomic E-state index is 11.8. The molecule has 2 nitrogen and oxygen atoms in total. The van der Waals surface area contributed by atoms with Gasteiger partial charge in [0.05, 0.1) is 10.3 Å². The molecule has 1 heterocycles. The molecule has 16 heavy (non-hydrogen) atoms. The quantitative estimate of drug-likeness (QED) is 0.807.